The lowest BCUT2D eigenvalue weighted by Gasteiger charge is -2.01. The molecule has 1 rings (SSSR count). The third-order valence-corrected chi connectivity index (χ3v) is 1.86. The minimum atomic E-state index is 0.0173. The number of rotatable bonds is 5. The van der Waals surface area contributed by atoms with Crippen molar-refractivity contribution in [1.29, 1.82) is 0 Å². The molecule has 0 aromatic carbocycles. The van der Waals surface area contributed by atoms with Crippen molar-refractivity contribution in [3.05, 3.63) is 18.0 Å². The van der Waals surface area contributed by atoms with Gasteiger partial charge in [0.2, 0.25) is 0 Å². The van der Waals surface area contributed by atoms with Crippen LogP contribution in [-0.4, -0.2) is 23.5 Å². The summed E-state index contributed by atoms with van der Waals surface area (Å²) in [6.07, 6.45) is 2.94. The molecule has 13 heavy (non-hydrogen) atoms. The number of methoxy groups -OCH3 is 1. The first-order valence-electron chi connectivity index (χ1n) is 4.52. The minimum absolute atomic E-state index is 0.0173. The molecule has 0 amide bonds. The third-order valence-electron chi connectivity index (χ3n) is 1.86. The summed E-state index contributed by atoms with van der Waals surface area (Å²) in [4.78, 5) is 0. The molecule has 1 aromatic heterocycles. The minimum Gasteiger partial charge on any atom is -0.385 e. The first-order valence-corrected chi connectivity index (χ1v) is 4.52. The first kappa shape index (κ1) is 10.2. The summed E-state index contributed by atoms with van der Waals surface area (Å²) in [5.41, 5.74) is 6.62. The largest absolute Gasteiger partial charge is 0.385 e. The Morgan fingerprint density at radius 2 is 2.46 bits per heavy atom. The van der Waals surface area contributed by atoms with Gasteiger partial charge in [-0.25, -0.2) is 0 Å². The molecule has 4 heteroatoms. The Morgan fingerprint density at radius 1 is 1.69 bits per heavy atom. The predicted molar refractivity (Wildman–Crippen MR) is 51.3 cm³/mol. The van der Waals surface area contributed by atoms with Gasteiger partial charge in [-0.2, -0.15) is 5.10 Å². The molecule has 1 aromatic rings. The molecule has 0 aliphatic heterocycles. The maximum absolute atomic E-state index is 5.68. The molecule has 74 valence electrons. The highest BCUT2D eigenvalue weighted by Gasteiger charge is 2.02. The van der Waals surface area contributed by atoms with Crippen LogP contribution in [-0.2, 0) is 11.3 Å². The lowest BCUT2D eigenvalue weighted by Crippen LogP contribution is -2.08. The molecule has 1 unspecified atom stereocenters. The SMILES string of the molecule is COCCCn1ccc(C(C)N)n1. The Bertz CT molecular complexity index is 245. The molecule has 0 bridgehead atoms. The second-order valence-corrected chi connectivity index (χ2v) is 3.14. The van der Waals surface area contributed by atoms with Gasteiger partial charge in [-0.1, -0.05) is 0 Å². The van der Waals surface area contributed by atoms with Crippen molar-refractivity contribution in [2.24, 2.45) is 5.73 Å². The van der Waals surface area contributed by atoms with E-state index in [1.54, 1.807) is 7.11 Å². The predicted octanol–water partition coefficient (Wildman–Crippen LogP) is 0.939. The van der Waals surface area contributed by atoms with Crippen molar-refractivity contribution in [1.82, 2.24) is 9.78 Å². The molecule has 2 N–H and O–H groups in total. The zero-order valence-corrected chi connectivity index (χ0v) is 8.23. The molecule has 1 heterocycles. The molecule has 0 radical (unpaired) electrons. The summed E-state index contributed by atoms with van der Waals surface area (Å²) in [7, 11) is 1.70. The first-order chi connectivity index (χ1) is 6.24. The summed E-state index contributed by atoms with van der Waals surface area (Å²) >= 11 is 0. The number of hydrogen-bond donors (Lipinski definition) is 1. The van der Waals surface area contributed by atoms with Crippen molar-refractivity contribution >= 4 is 0 Å². The van der Waals surface area contributed by atoms with Gasteiger partial charge in [0.1, 0.15) is 0 Å². The van der Waals surface area contributed by atoms with E-state index in [4.69, 9.17) is 10.5 Å². The van der Waals surface area contributed by atoms with Crippen molar-refractivity contribution in [2.45, 2.75) is 25.9 Å². The van der Waals surface area contributed by atoms with Gasteiger partial charge in [0.15, 0.2) is 0 Å². The summed E-state index contributed by atoms with van der Waals surface area (Å²) in [5, 5.41) is 4.32. The standard InChI is InChI=1S/C9H17N3O/c1-8(10)9-4-6-12(11-9)5-3-7-13-2/h4,6,8H,3,5,7,10H2,1-2H3. The Kier molecular flexibility index (Phi) is 3.92. The van der Waals surface area contributed by atoms with E-state index in [2.05, 4.69) is 5.10 Å². The van der Waals surface area contributed by atoms with Gasteiger partial charge in [-0.3, -0.25) is 4.68 Å². The summed E-state index contributed by atoms with van der Waals surface area (Å²) in [5.74, 6) is 0. The van der Waals surface area contributed by atoms with E-state index in [9.17, 15) is 0 Å². The molecule has 0 aliphatic carbocycles. The fourth-order valence-electron chi connectivity index (χ4n) is 1.12. The summed E-state index contributed by atoms with van der Waals surface area (Å²) in [6, 6.07) is 1.97. The van der Waals surface area contributed by atoms with E-state index >= 15 is 0 Å². The molecule has 0 fully saturated rings. The van der Waals surface area contributed by atoms with Crippen molar-refractivity contribution in [3.63, 3.8) is 0 Å². The average Bonchev–Trinajstić information content (AvgIpc) is 2.53. The highest BCUT2D eigenvalue weighted by molar-refractivity contribution is 5.02. The molecule has 0 saturated carbocycles. The Labute approximate surface area is 78.7 Å². The number of aryl methyl sites for hydroxylation is 1. The average molecular weight is 183 g/mol. The second kappa shape index (κ2) is 4.99. The summed E-state index contributed by atoms with van der Waals surface area (Å²) < 4.78 is 6.85. The molecule has 0 saturated heterocycles. The van der Waals surface area contributed by atoms with Gasteiger partial charge in [0.05, 0.1) is 5.69 Å². The number of hydrogen-bond acceptors (Lipinski definition) is 3. The van der Waals surface area contributed by atoms with Crippen LogP contribution in [0.5, 0.6) is 0 Å². The highest BCUT2D eigenvalue weighted by atomic mass is 16.5. The van der Waals surface area contributed by atoms with E-state index in [1.165, 1.54) is 0 Å². The van der Waals surface area contributed by atoms with E-state index in [1.807, 2.05) is 23.9 Å². The second-order valence-electron chi connectivity index (χ2n) is 3.14. The quantitative estimate of drug-likeness (QED) is 0.691. The van der Waals surface area contributed by atoms with Gasteiger partial charge in [0, 0.05) is 32.5 Å². The Balaban J connectivity index is 2.40. The van der Waals surface area contributed by atoms with Gasteiger partial charge >= 0.3 is 0 Å². The van der Waals surface area contributed by atoms with Crippen LogP contribution in [0.4, 0.5) is 0 Å². The molecule has 0 aliphatic rings. The Hall–Kier alpha value is -0.870. The lowest BCUT2D eigenvalue weighted by molar-refractivity contribution is 0.189. The number of ether oxygens (including phenoxy) is 1. The fraction of sp³-hybridized carbons (Fsp3) is 0.667. The number of nitrogens with zero attached hydrogens (tertiary/aromatic N) is 2. The van der Waals surface area contributed by atoms with Crippen molar-refractivity contribution < 1.29 is 4.74 Å². The van der Waals surface area contributed by atoms with Crippen LogP contribution in [0.15, 0.2) is 12.3 Å². The smallest absolute Gasteiger partial charge is 0.0788 e. The lowest BCUT2D eigenvalue weighted by atomic mass is 10.3. The maximum Gasteiger partial charge on any atom is 0.0788 e. The summed E-state index contributed by atoms with van der Waals surface area (Å²) in [6.45, 7) is 3.59. The van der Waals surface area contributed by atoms with E-state index in [0.29, 0.717) is 0 Å². The molecule has 0 spiro atoms. The molecular formula is C9H17N3O. The number of aromatic nitrogens is 2. The van der Waals surface area contributed by atoms with Gasteiger partial charge < -0.3 is 10.5 Å². The van der Waals surface area contributed by atoms with Crippen molar-refractivity contribution in [2.75, 3.05) is 13.7 Å². The molecule has 4 nitrogen and oxygen atoms in total. The van der Waals surface area contributed by atoms with Crippen molar-refractivity contribution in [3.8, 4) is 0 Å². The highest BCUT2D eigenvalue weighted by Crippen LogP contribution is 2.05. The van der Waals surface area contributed by atoms with Crippen LogP contribution in [0.25, 0.3) is 0 Å². The van der Waals surface area contributed by atoms with Crippen LogP contribution < -0.4 is 5.73 Å². The van der Waals surface area contributed by atoms with E-state index < -0.39 is 0 Å². The third kappa shape index (κ3) is 3.16. The Morgan fingerprint density at radius 3 is 3.00 bits per heavy atom. The zero-order chi connectivity index (χ0) is 9.68. The van der Waals surface area contributed by atoms with Crippen LogP contribution in [0.1, 0.15) is 25.1 Å². The maximum atomic E-state index is 5.68. The van der Waals surface area contributed by atoms with E-state index in [-0.39, 0.29) is 6.04 Å². The van der Waals surface area contributed by atoms with Crippen LogP contribution in [0.3, 0.4) is 0 Å². The molecule has 1 atom stereocenters. The van der Waals surface area contributed by atoms with Crippen LogP contribution >= 0.6 is 0 Å². The zero-order valence-electron chi connectivity index (χ0n) is 8.23. The number of nitrogens with two attached hydrogens (primary N) is 1. The van der Waals surface area contributed by atoms with Crippen LogP contribution in [0, 0.1) is 0 Å². The molecular weight excluding hydrogens is 166 g/mol. The normalized spacial score (nSPS) is 13.2. The van der Waals surface area contributed by atoms with Gasteiger partial charge in [-0.05, 0) is 19.4 Å². The van der Waals surface area contributed by atoms with Gasteiger partial charge in [0.25, 0.3) is 0 Å². The van der Waals surface area contributed by atoms with Gasteiger partial charge in [-0.15, -0.1) is 0 Å². The topological polar surface area (TPSA) is 53.1 Å². The van der Waals surface area contributed by atoms with E-state index in [0.717, 1.165) is 25.3 Å². The fourth-order valence-corrected chi connectivity index (χ4v) is 1.12. The monoisotopic (exact) mass is 183 g/mol. The van der Waals surface area contributed by atoms with Crippen LogP contribution in [0.2, 0.25) is 0 Å².